The van der Waals surface area contributed by atoms with E-state index in [0.717, 1.165) is 0 Å². The molecule has 7 heteroatoms. The van der Waals surface area contributed by atoms with Gasteiger partial charge in [0.05, 0.1) is 0 Å². The Balaban J connectivity index is 2.85. The molecule has 0 aliphatic carbocycles. The van der Waals surface area contributed by atoms with E-state index in [-0.39, 0.29) is 17.6 Å². The van der Waals surface area contributed by atoms with E-state index in [0.29, 0.717) is 17.8 Å². The van der Waals surface area contributed by atoms with Crippen LogP contribution in [0.5, 0.6) is 0 Å². The molecule has 7 nitrogen and oxygen atoms in total. The lowest BCUT2D eigenvalue weighted by Crippen LogP contribution is -2.44. The molecule has 1 aromatic rings. The Morgan fingerprint density at radius 2 is 1.71 bits per heavy atom. The molecule has 1 rings (SSSR count). The number of nitrogens with zero attached hydrogens (tertiary/aromatic N) is 1. The molecule has 1 unspecified atom stereocenters. The van der Waals surface area contributed by atoms with E-state index in [1.54, 1.807) is 38.1 Å². The number of nitrogens with one attached hydrogen (secondary N) is 2. The minimum Gasteiger partial charge on any atom is -0.409 e. The summed E-state index contributed by atoms with van der Waals surface area (Å²) in [6, 6.07) is 6.66. The van der Waals surface area contributed by atoms with Crippen molar-refractivity contribution in [3.63, 3.8) is 0 Å². The first-order chi connectivity index (χ1) is 9.83. The first-order valence-corrected chi connectivity index (χ1v) is 6.50. The highest BCUT2D eigenvalue weighted by Crippen LogP contribution is 2.24. The number of amidine groups is 1. The topological polar surface area (TPSA) is 117 Å². The number of benzene rings is 1. The summed E-state index contributed by atoms with van der Waals surface area (Å²) in [7, 11) is 0. The number of hydrogen-bond donors (Lipinski definition) is 4. The Labute approximate surface area is 123 Å². The van der Waals surface area contributed by atoms with Gasteiger partial charge in [0, 0.05) is 18.3 Å². The maximum absolute atomic E-state index is 12.3. The molecule has 0 radical (unpaired) electrons. The van der Waals surface area contributed by atoms with Gasteiger partial charge >= 0.3 is 0 Å². The number of carbonyl (C=O) groups is 2. The van der Waals surface area contributed by atoms with Gasteiger partial charge in [0.2, 0.25) is 11.8 Å². The van der Waals surface area contributed by atoms with Gasteiger partial charge in [-0.1, -0.05) is 12.1 Å². The number of rotatable bonds is 5. The van der Waals surface area contributed by atoms with Gasteiger partial charge < -0.3 is 21.6 Å². The van der Waals surface area contributed by atoms with E-state index in [4.69, 9.17) is 10.9 Å². The van der Waals surface area contributed by atoms with Crippen LogP contribution >= 0.6 is 0 Å². The predicted molar refractivity (Wildman–Crippen MR) is 81.2 cm³/mol. The van der Waals surface area contributed by atoms with Crippen molar-refractivity contribution in [1.29, 1.82) is 0 Å². The summed E-state index contributed by atoms with van der Waals surface area (Å²) in [6.07, 6.45) is 0.388. The summed E-state index contributed by atoms with van der Waals surface area (Å²) in [6.45, 7) is 4.79. The van der Waals surface area contributed by atoms with E-state index < -0.39 is 5.41 Å². The van der Waals surface area contributed by atoms with Gasteiger partial charge in [-0.15, -0.1) is 0 Å². The first kappa shape index (κ1) is 16.5. The molecule has 21 heavy (non-hydrogen) atoms. The van der Waals surface area contributed by atoms with Gasteiger partial charge in [0.15, 0.2) is 5.84 Å². The molecule has 1 atom stereocenters. The third kappa shape index (κ3) is 3.95. The van der Waals surface area contributed by atoms with Crippen LogP contribution in [0, 0.1) is 5.41 Å². The smallest absolute Gasteiger partial charge is 0.238 e. The van der Waals surface area contributed by atoms with E-state index in [9.17, 15) is 9.59 Å². The van der Waals surface area contributed by atoms with Gasteiger partial charge in [-0.05, 0) is 37.6 Å². The van der Waals surface area contributed by atoms with E-state index in [1.165, 1.54) is 6.92 Å². The Bertz CT molecular complexity index is 554. The van der Waals surface area contributed by atoms with Crippen molar-refractivity contribution in [2.45, 2.75) is 27.2 Å². The highest BCUT2D eigenvalue weighted by atomic mass is 16.4. The molecule has 0 aliphatic heterocycles. The maximum Gasteiger partial charge on any atom is 0.238 e. The van der Waals surface area contributed by atoms with Crippen molar-refractivity contribution in [3.05, 3.63) is 24.3 Å². The standard InChI is InChI=1S/C14H20N4O3/c1-4-14(3,12(15)18-21)13(20)17-11-7-5-10(6-8-11)16-9(2)19/h5-8,21H,4H2,1-3H3,(H2,15,18)(H,16,19)(H,17,20). The number of amides is 2. The Morgan fingerprint density at radius 1 is 1.24 bits per heavy atom. The van der Waals surface area contributed by atoms with Crippen LogP contribution in [0.15, 0.2) is 29.4 Å². The molecular formula is C14H20N4O3. The summed E-state index contributed by atoms with van der Waals surface area (Å²) in [5.74, 6) is -0.679. The second kappa shape index (κ2) is 6.74. The summed E-state index contributed by atoms with van der Waals surface area (Å²) in [5.41, 5.74) is 5.68. The van der Waals surface area contributed by atoms with Crippen LogP contribution in [0.4, 0.5) is 11.4 Å². The van der Waals surface area contributed by atoms with Crippen molar-refractivity contribution in [2.24, 2.45) is 16.3 Å². The Morgan fingerprint density at radius 3 is 2.10 bits per heavy atom. The number of carbonyl (C=O) groups excluding carboxylic acids is 2. The lowest BCUT2D eigenvalue weighted by atomic mass is 9.85. The lowest BCUT2D eigenvalue weighted by Gasteiger charge is -2.25. The average Bonchev–Trinajstić information content (AvgIpc) is 2.46. The molecule has 0 heterocycles. The van der Waals surface area contributed by atoms with Crippen LogP contribution in [0.1, 0.15) is 27.2 Å². The zero-order valence-electron chi connectivity index (χ0n) is 12.3. The molecule has 0 spiro atoms. The SMILES string of the molecule is CCC(C)(C(=O)Nc1ccc(NC(C)=O)cc1)/C(N)=N/O. The average molecular weight is 292 g/mol. The molecule has 114 valence electrons. The molecule has 1 aromatic carbocycles. The van der Waals surface area contributed by atoms with Crippen molar-refractivity contribution >= 4 is 29.0 Å². The summed E-state index contributed by atoms with van der Waals surface area (Å²) < 4.78 is 0. The van der Waals surface area contributed by atoms with Crippen LogP contribution in [0.3, 0.4) is 0 Å². The van der Waals surface area contributed by atoms with Crippen LogP contribution in [-0.2, 0) is 9.59 Å². The molecule has 5 N–H and O–H groups in total. The quantitative estimate of drug-likeness (QED) is 0.286. The highest BCUT2D eigenvalue weighted by molar-refractivity contribution is 6.11. The molecule has 0 fully saturated rings. The van der Waals surface area contributed by atoms with Gasteiger partial charge in [-0.2, -0.15) is 0 Å². The van der Waals surface area contributed by atoms with Crippen LogP contribution in [-0.4, -0.2) is 22.9 Å². The van der Waals surface area contributed by atoms with Crippen LogP contribution in [0.25, 0.3) is 0 Å². The molecular weight excluding hydrogens is 272 g/mol. The van der Waals surface area contributed by atoms with Gasteiger partial charge in [-0.25, -0.2) is 0 Å². The molecule has 0 saturated carbocycles. The van der Waals surface area contributed by atoms with Crippen molar-refractivity contribution in [2.75, 3.05) is 10.6 Å². The molecule has 0 aliphatic rings. The Kier molecular flexibility index (Phi) is 5.29. The van der Waals surface area contributed by atoms with Gasteiger partial charge in [0.25, 0.3) is 0 Å². The largest absolute Gasteiger partial charge is 0.409 e. The molecule has 2 amide bonds. The minimum absolute atomic E-state index is 0.141. The summed E-state index contributed by atoms with van der Waals surface area (Å²) in [5, 5.41) is 17.0. The number of anilines is 2. The van der Waals surface area contributed by atoms with Crippen molar-refractivity contribution < 1.29 is 14.8 Å². The zero-order valence-corrected chi connectivity index (χ0v) is 12.3. The number of nitrogens with two attached hydrogens (primary N) is 1. The maximum atomic E-state index is 12.3. The minimum atomic E-state index is -1.09. The van der Waals surface area contributed by atoms with E-state index >= 15 is 0 Å². The number of oxime groups is 1. The normalized spacial score (nSPS) is 14.1. The zero-order chi connectivity index (χ0) is 16.0. The van der Waals surface area contributed by atoms with Crippen LogP contribution in [0.2, 0.25) is 0 Å². The Hall–Kier alpha value is -2.57. The molecule has 0 aromatic heterocycles. The van der Waals surface area contributed by atoms with Crippen molar-refractivity contribution in [1.82, 2.24) is 0 Å². The van der Waals surface area contributed by atoms with Gasteiger partial charge in [0.1, 0.15) is 5.41 Å². The summed E-state index contributed by atoms with van der Waals surface area (Å²) in [4.78, 5) is 23.2. The van der Waals surface area contributed by atoms with Gasteiger partial charge in [-0.3, -0.25) is 9.59 Å². The van der Waals surface area contributed by atoms with Crippen molar-refractivity contribution in [3.8, 4) is 0 Å². The van der Waals surface area contributed by atoms with E-state index in [1.807, 2.05) is 0 Å². The predicted octanol–water partition coefficient (Wildman–Crippen LogP) is 1.75. The second-order valence-corrected chi connectivity index (χ2v) is 4.88. The highest BCUT2D eigenvalue weighted by Gasteiger charge is 2.36. The fraction of sp³-hybridized carbons (Fsp3) is 0.357. The molecule has 0 bridgehead atoms. The number of hydrogen-bond acceptors (Lipinski definition) is 4. The summed E-state index contributed by atoms with van der Waals surface area (Å²) >= 11 is 0. The monoisotopic (exact) mass is 292 g/mol. The first-order valence-electron chi connectivity index (χ1n) is 6.50. The second-order valence-electron chi connectivity index (χ2n) is 4.88. The van der Waals surface area contributed by atoms with E-state index in [2.05, 4.69) is 15.8 Å². The lowest BCUT2D eigenvalue weighted by molar-refractivity contribution is -0.122. The fourth-order valence-electron chi connectivity index (χ4n) is 1.68. The third-order valence-corrected chi connectivity index (χ3v) is 3.34. The fourth-order valence-corrected chi connectivity index (χ4v) is 1.68. The van der Waals surface area contributed by atoms with Crippen LogP contribution < -0.4 is 16.4 Å². The molecule has 0 saturated heterocycles. The third-order valence-electron chi connectivity index (χ3n) is 3.34.